The molecule has 1 aliphatic heterocycles. The van der Waals surface area contributed by atoms with Gasteiger partial charge < -0.3 is 9.84 Å². The Balaban J connectivity index is 2.02. The number of hydrogen-bond acceptors (Lipinski definition) is 3. The Hall–Kier alpha value is -1.21. The Labute approximate surface area is 129 Å². The fourth-order valence-electron chi connectivity index (χ4n) is 2.46. The molecule has 0 atom stereocenters. The van der Waals surface area contributed by atoms with Crippen LogP contribution in [0.4, 0.5) is 8.78 Å². The van der Waals surface area contributed by atoms with Crippen LogP contribution in [0.25, 0.3) is 0 Å². The van der Waals surface area contributed by atoms with E-state index in [0.29, 0.717) is 38.0 Å². The fraction of sp³-hybridized carbons (Fsp3) is 0.500. The Kier molecular flexibility index (Phi) is 5.52. The standard InChI is InChI=1S/C14H16BrF2NO3/c15-11-1-2-12(21-14(16)17)10(7-11)8-18-5-3-9(4-6-18)13(19)20/h1-2,7,9,14H,3-6,8H2,(H,19,20). The number of carbonyl (C=O) groups is 1. The van der Waals surface area contributed by atoms with Crippen LogP contribution >= 0.6 is 15.9 Å². The first kappa shape index (κ1) is 16.2. The Bertz CT molecular complexity index is 505. The van der Waals surface area contributed by atoms with Crippen LogP contribution in [-0.2, 0) is 11.3 Å². The summed E-state index contributed by atoms with van der Waals surface area (Å²) in [7, 11) is 0. The third-order valence-corrected chi connectivity index (χ3v) is 4.06. The van der Waals surface area contributed by atoms with Crippen LogP contribution in [0.2, 0.25) is 0 Å². The van der Waals surface area contributed by atoms with Crippen LogP contribution in [0.1, 0.15) is 18.4 Å². The lowest BCUT2D eigenvalue weighted by Gasteiger charge is -2.30. The van der Waals surface area contributed by atoms with Gasteiger partial charge in [-0.05, 0) is 44.1 Å². The van der Waals surface area contributed by atoms with Gasteiger partial charge in [-0.15, -0.1) is 0 Å². The minimum atomic E-state index is -2.86. The van der Waals surface area contributed by atoms with Crippen molar-refractivity contribution in [1.29, 1.82) is 0 Å². The number of hydrogen-bond donors (Lipinski definition) is 1. The van der Waals surface area contributed by atoms with Gasteiger partial charge in [-0.2, -0.15) is 8.78 Å². The molecule has 4 nitrogen and oxygen atoms in total. The van der Waals surface area contributed by atoms with E-state index in [1.807, 2.05) is 0 Å². The predicted octanol–water partition coefficient (Wildman–Crippen LogP) is 3.35. The molecular formula is C14H16BrF2NO3. The molecule has 1 aliphatic rings. The number of benzene rings is 1. The van der Waals surface area contributed by atoms with Crippen molar-refractivity contribution in [2.75, 3.05) is 13.1 Å². The van der Waals surface area contributed by atoms with E-state index in [-0.39, 0.29) is 11.7 Å². The number of likely N-dealkylation sites (tertiary alicyclic amines) is 1. The van der Waals surface area contributed by atoms with E-state index >= 15 is 0 Å². The molecule has 1 aromatic rings. The molecule has 0 aromatic heterocycles. The second kappa shape index (κ2) is 7.17. The lowest BCUT2D eigenvalue weighted by atomic mass is 9.97. The maximum Gasteiger partial charge on any atom is 0.387 e. The quantitative estimate of drug-likeness (QED) is 0.871. The van der Waals surface area contributed by atoms with E-state index in [0.717, 1.165) is 4.47 Å². The van der Waals surface area contributed by atoms with E-state index in [1.165, 1.54) is 6.07 Å². The fourth-order valence-corrected chi connectivity index (χ4v) is 2.87. The monoisotopic (exact) mass is 363 g/mol. The lowest BCUT2D eigenvalue weighted by molar-refractivity contribution is -0.143. The number of ether oxygens (including phenoxy) is 1. The molecule has 0 spiro atoms. The van der Waals surface area contributed by atoms with E-state index < -0.39 is 12.6 Å². The predicted molar refractivity (Wildman–Crippen MR) is 76.4 cm³/mol. The topological polar surface area (TPSA) is 49.8 Å². The van der Waals surface area contributed by atoms with Crippen molar-refractivity contribution < 1.29 is 23.4 Å². The molecule has 0 bridgehead atoms. The zero-order chi connectivity index (χ0) is 15.4. The number of carboxylic acids is 1. The van der Waals surface area contributed by atoms with E-state index in [2.05, 4.69) is 25.6 Å². The van der Waals surface area contributed by atoms with Crippen LogP contribution in [0.15, 0.2) is 22.7 Å². The molecule has 0 radical (unpaired) electrons. The van der Waals surface area contributed by atoms with E-state index in [4.69, 9.17) is 5.11 Å². The summed E-state index contributed by atoms with van der Waals surface area (Å²) in [6, 6.07) is 4.91. The normalized spacial score (nSPS) is 17.1. The summed E-state index contributed by atoms with van der Waals surface area (Å²) in [4.78, 5) is 13.0. The molecule has 1 N–H and O–H groups in total. The third kappa shape index (κ3) is 4.64. The molecule has 1 saturated heterocycles. The van der Waals surface area contributed by atoms with Gasteiger partial charge in [-0.1, -0.05) is 15.9 Å². The highest BCUT2D eigenvalue weighted by Crippen LogP contribution is 2.27. The second-order valence-corrected chi connectivity index (χ2v) is 5.93. The summed E-state index contributed by atoms with van der Waals surface area (Å²) >= 11 is 3.32. The molecule has 1 aromatic carbocycles. The maximum absolute atomic E-state index is 12.4. The number of halogens is 3. The molecule has 1 heterocycles. The lowest BCUT2D eigenvalue weighted by Crippen LogP contribution is -2.35. The molecule has 0 unspecified atom stereocenters. The van der Waals surface area contributed by atoms with Gasteiger partial charge in [-0.3, -0.25) is 9.69 Å². The van der Waals surface area contributed by atoms with Crippen molar-refractivity contribution >= 4 is 21.9 Å². The van der Waals surface area contributed by atoms with Crippen molar-refractivity contribution in [3.05, 3.63) is 28.2 Å². The van der Waals surface area contributed by atoms with E-state index in [1.54, 1.807) is 12.1 Å². The smallest absolute Gasteiger partial charge is 0.387 e. The first-order valence-corrected chi connectivity index (χ1v) is 7.43. The largest absolute Gasteiger partial charge is 0.481 e. The van der Waals surface area contributed by atoms with Gasteiger partial charge in [0.1, 0.15) is 5.75 Å². The zero-order valence-corrected chi connectivity index (χ0v) is 12.9. The highest BCUT2D eigenvalue weighted by atomic mass is 79.9. The molecular weight excluding hydrogens is 348 g/mol. The molecule has 116 valence electrons. The van der Waals surface area contributed by atoms with Gasteiger partial charge in [0.05, 0.1) is 5.92 Å². The second-order valence-electron chi connectivity index (χ2n) is 5.02. The average molecular weight is 364 g/mol. The highest BCUT2D eigenvalue weighted by Gasteiger charge is 2.25. The Morgan fingerprint density at radius 3 is 2.67 bits per heavy atom. The number of piperidine rings is 1. The van der Waals surface area contributed by atoms with Gasteiger partial charge >= 0.3 is 12.6 Å². The first-order chi connectivity index (χ1) is 9.95. The average Bonchev–Trinajstić information content (AvgIpc) is 2.42. The number of rotatable bonds is 5. The molecule has 0 saturated carbocycles. The van der Waals surface area contributed by atoms with Gasteiger partial charge in [0.2, 0.25) is 0 Å². The van der Waals surface area contributed by atoms with Crippen molar-refractivity contribution in [2.45, 2.75) is 26.0 Å². The Morgan fingerprint density at radius 2 is 2.10 bits per heavy atom. The first-order valence-electron chi connectivity index (χ1n) is 6.64. The summed E-state index contributed by atoms with van der Waals surface area (Å²) in [5.74, 6) is -0.909. The summed E-state index contributed by atoms with van der Waals surface area (Å²) in [6.07, 6.45) is 1.16. The number of alkyl halides is 2. The highest BCUT2D eigenvalue weighted by molar-refractivity contribution is 9.10. The van der Waals surface area contributed by atoms with Crippen LogP contribution in [-0.4, -0.2) is 35.7 Å². The molecule has 0 amide bonds. The van der Waals surface area contributed by atoms with Crippen LogP contribution in [0.3, 0.4) is 0 Å². The molecule has 7 heteroatoms. The van der Waals surface area contributed by atoms with Crippen LogP contribution in [0.5, 0.6) is 5.75 Å². The molecule has 1 fully saturated rings. The molecule has 0 aliphatic carbocycles. The number of carboxylic acid groups (broad SMARTS) is 1. The van der Waals surface area contributed by atoms with E-state index in [9.17, 15) is 13.6 Å². The summed E-state index contributed by atoms with van der Waals surface area (Å²) in [5.41, 5.74) is 0.665. The van der Waals surface area contributed by atoms with Gasteiger partial charge in [-0.25, -0.2) is 0 Å². The third-order valence-electron chi connectivity index (χ3n) is 3.57. The van der Waals surface area contributed by atoms with Crippen LogP contribution in [0, 0.1) is 5.92 Å². The Morgan fingerprint density at radius 1 is 1.43 bits per heavy atom. The number of aliphatic carboxylic acids is 1. The van der Waals surface area contributed by atoms with Crippen LogP contribution < -0.4 is 4.74 Å². The molecule has 21 heavy (non-hydrogen) atoms. The summed E-state index contributed by atoms with van der Waals surface area (Å²) in [6.45, 7) is -1.12. The van der Waals surface area contributed by atoms with Crippen molar-refractivity contribution in [3.8, 4) is 5.75 Å². The van der Waals surface area contributed by atoms with Crippen molar-refractivity contribution in [1.82, 2.24) is 4.90 Å². The van der Waals surface area contributed by atoms with Gasteiger partial charge in [0, 0.05) is 16.6 Å². The minimum Gasteiger partial charge on any atom is -0.481 e. The summed E-state index contributed by atoms with van der Waals surface area (Å²) in [5, 5.41) is 8.97. The number of nitrogens with zero attached hydrogens (tertiary/aromatic N) is 1. The van der Waals surface area contributed by atoms with Crippen molar-refractivity contribution in [3.63, 3.8) is 0 Å². The zero-order valence-electron chi connectivity index (χ0n) is 11.3. The summed E-state index contributed by atoms with van der Waals surface area (Å²) < 4.78 is 30.1. The SMILES string of the molecule is O=C(O)C1CCN(Cc2cc(Br)ccc2OC(F)F)CC1. The van der Waals surface area contributed by atoms with Gasteiger partial charge in [0.15, 0.2) is 0 Å². The maximum atomic E-state index is 12.4. The minimum absolute atomic E-state index is 0.161. The van der Waals surface area contributed by atoms with Crippen molar-refractivity contribution in [2.24, 2.45) is 5.92 Å². The molecule has 2 rings (SSSR count). The van der Waals surface area contributed by atoms with Gasteiger partial charge in [0.25, 0.3) is 0 Å².